The quantitative estimate of drug-likeness (QED) is 0.804. The van der Waals surface area contributed by atoms with Crippen LogP contribution in [-0.4, -0.2) is 21.1 Å². The van der Waals surface area contributed by atoms with Gasteiger partial charge in [0.1, 0.15) is 0 Å². The third kappa shape index (κ3) is 2.29. The van der Waals surface area contributed by atoms with Gasteiger partial charge in [0.15, 0.2) is 5.15 Å². The van der Waals surface area contributed by atoms with E-state index < -0.39 is 0 Å². The fraction of sp³-hybridized carbons (Fsp3) is 0.182. The predicted molar refractivity (Wildman–Crippen MR) is 65.3 cm³/mol. The molecule has 0 aliphatic rings. The standard InChI is InChI=1S/C11H11ClN4O/c1-6-9(7(2)16-15-6)11(17)14-8-4-3-5-13-10(8)12/h3-5H,1-2H3,(H,14,17)(H,15,16). The first kappa shape index (κ1) is 11.6. The van der Waals surface area contributed by atoms with Gasteiger partial charge in [-0.2, -0.15) is 5.10 Å². The number of aryl methyl sites for hydroxylation is 2. The van der Waals surface area contributed by atoms with E-state index in [2.05, 4.69) is 20.5 Å². The summed E-state index contributed by atoms with van der Waals surface area (Å²) in [6, 6.07) is 3.40. The second-order valence-corrected chi connectivity index (χ2v) is 3.96. The van der Waals surface area contributed by atoms with Crippen molar-refractivity contribution in [2.24, 2.45) is 0 Å². The van der Waals surface area contributed by atoms with Gasteiger partial charge in [0.25, 0.3) is 5.91 Å². The van der Waals surface area contributed by atoms with Crippen LogP contribution in [0, 0.1) is 13.8 Å². The third-order valence-electron chi connectivity index (χ3n) is 2.36. The molecule has 0 unspecified atom stereocenters. The molecule has 2 heterocycles. The second-order valence-electron chi connectivity index (χ2n) is 3.60. The number of pyridine rings is 1. The summed E-state index contributed by atoms with van der Waals surface area (Å²) in [6.07, 6.45) is 1.56. The van der Waals surface area contributed by atoms with Gasteiger partial charge in [-0.3, -0.25) is 9.89 Å². The largest absolute Gasteiger partial charge is 0.319 e. The Hall–Kier alpha value is -1.88. The Kier molecular flexibility index (Phi) is 3.10. The zero-order valence-corrected chi connectivity index (χ0v) is 10.2. The molecular formula is C11H11ClN4O. The van der Waals surface area contributed by atoms with Crippen molar-refractivity contribution in [1.82, 2.24) is 15.2 Å². The highest BCUT2D eigenvalue weighted by Crippen LogP contribution is 2.19. The Morgan fingerprint density at radius 3 is 2.82 bits per heavy atom. The number of carbonyl (C=O) groups excluding carboxylic acids is 1. The van der Waals surface area contributed by atoms with Crippen LogP contribution in [0.4, 0.5) is 5.69 Å². The number of aromatic nitrogens is 3. The smallest absolute Gasteiger partial charge is 0.259 e. The molecule has 0 saturated carbocycles. The number of hydrogen-bond acceptors (Lipinski definition) is 3. The lowest BCUT2D eigenvalue weighted by Crippen LogP contribution is -2.14. The number of nitrogens with zero attached hydrogens (tertiary/aromatic N) is 2. The summed E-state index contributed by atoms with van der Waals surface area (Å²) < 4.78 is 0. The first-order valence-corrected chi connectivity index (χ1v) is 5.41. The lowest BCUT2D eigenvalue weighted by atomic mass is 10.2. The van der Waals surface area contributed by atoms with E-state index in [-0.39, 0.29) is 11.1 Å². The van der Waals surface area contributed by atoms with E-state index in [1.54, 1.807) is 32.2 Å². The maximum absolute atomic E-state index is 12.0. The Morgan fingerprint density at radius 2 is 2.24 bits per heavy atom. The first-order valence-electron chi connectivity index (χ1n) is 5.03. The number of amides is 1. The van der Waals surface area contributed by atoms with Gasteiger partial charge in [0.2, 0.25) is 0 Å². The van der Waals surface area contributed by atoms with E-state index in [0.717, 1.165) is 5.69 Å². The van der Waals surface area contributed by atoms with Gasteiger partial charge in [0.05, 0.1) is 16.9 Å². The summed E-state index contributed by atoms with van der Waals surface area (Å²) >= 11 is 5.86. The molecule has 1 amide bonds. The molecule has 17 heavy (non-hydrogen) atoms. The molecule has 0 aliphatic carbocycles. The summed E-state index contributed by atoms with van der Waals surface area (Å²) in [5, 5.41) is 9.69. The summed E-state index contributed by atoms with van der Waals surface area (Å²) in [5.41, 5.74) is 2.39. The molecule has 0 radical (unpaired) electrons. The number of carbonyl (C=O) groups is 1. The molecule has 0 saturated heterocycles. The maximum Gasteiger partial charge on any atom is 0.259 e. The van der Waals surface area contributed by atoms with E-state index in [9.17, 15) is 4.79 Å². The fourth-order valence-electron chi connectivity index (χ4n) is 1.55. The van der Waals surface area contributed by atoms with Crippen molar-refractivity contribution in [2.75, 3.05) is 5.32 Å². The number of rotatable bonds is 2. The molecule has 0 fully saturated rings. The van der Waals surface area contributed by atoms with Crippen molar-refractivity contribution in [3.05, 3.63) is 40.4 Å². The lowest BCUT2D eigenvalue weighted by Gasteiger charge is -2.06. The molecule has 6 heteroatoms. The number of aromatic amines is 1. The molecule has 2 N–H and O–H groups in total. The second kappa shape index (κ2) is 4.55. The van der Waals surface area contributed by atoms with Crippen LogP contribution in [0.2, 0.25) is 5.15 Å². The maximum atomic E-state index is 12.0. The first-order chi connectivity index (χ1) is 8.09. The summed E-state index contributed by atoms with van der Waals surface area (Å²) in [7, 11) is 0. The van der Waals surface area contributed by atoms with E-state index in [1.165, 1.54) is 0 Å². The average molecular weight is 251 g/mol. The summed E-state index contributed by atoms with van der Waals surface area (Å²) in [4.78, 5) is 15.9. The van der Waals surface area contributed by atoms with E-state index >= 15 is 0 Å². The van der Waals surface area contributed by atoms with Crippen LogP contribution < -0.4 is 5.32 Å². The molecule has 88 valence electrons. The number of halogens is 1. The molecule has 2 aromatic rings. The summed E-state index contributed by atoms with van der Waals surface area (Å²) in [5.74, 6) is -0.247. The molecule has 0 aromatic carbocycles. The van der Waals surface area contributed by atoms with Crippen molar-refractivity contribution < 1.29 is 4.79 Å². The Morgan fingerprint density at radius 1 is 1.47 bits per heavy atom. The van der Waals surface area contributed by atoms with E-state index in [0.29, 0.717) is 16.9 Å². The number of nitrogens with one attached hydrogen (secondary N) is 2. The molecule has 5 nitrogen and oxygen atoms in total. The van der Waals surface area contributed by atoms with Crippen molar-refractivity contribution in [3.8, 4) is 0 Å². The minimum atomic E-state index is -0.247. The van der Waals surface area contributed by atoms with Gasteiger partial charge in [-0.15, -0.1) is 0 Å². The topological polar surface area (TPSA) is 70.7 Å². The van der Waals surface area contributed by atoms with Gasteiger partial charge in [-0.1, -0.05) is 11.6 Å². The highest BCUT2D eigenvalue weighted by atomic mass is 35.5. The van der Waals surface area contributed by atoms with Crippen LogP contribution >= 0.6 is 11.6 Å². The SMILES string of the molecule is Cc1n[nH]c(C)c1C(=O)Nc1cccnc1Cl. The van der Waals surface area contributed by atoms with Crippen LogP contribution in [-0.2, 0) is 0 Å². The molecule has 2 aromatic heterocycles. The third-order valence-corrected chi connectivity index (χ3v) is 2.66. The molecule has 0 spiro atoms. The van der Waals surface area contributed by atoms with Crippen molar-refractivity contribution in [2.45, 2.75) is 13.8 Å². The highest BCUT2D eigenvalue weighted by Gasteiger charge is 2.16. The number of hydrogen-bond donors (Lipinski definition) is 2. The molecule has 0 atom stereocenters. The lowest BCUT2D eigenvalue weighted by molar-refractivity contribution is 0.102. The van der Waals surface area contributed by atoms with E-state index in [4.69, 9.17) is 11.6 Å². The van der Waals surface area contributed by atoms with Crippen LogP contribution in [0.3, 0.4) is 0 Å². The Bertz CT molecular complexity index is 545. The highest BCUT2D eigenvalue weighted by molar-refractivity contribution is 6.32. The molecule has 2 rings (SSSR count). The summed E-state index contributed by atoms with van der Waals surface area (Å²) in [6.45, 7) is 3.56. The molecule has 0 aliphatic heterocycles. The van der Waals surface area contributed by atoms with Gasteiger partial charge in [-0.05, 0) is 26.0 Å². The minimum Gasteiger partial charge on any atom is -0.319 e. The van der Waals surface area contributed by atoms with Gasteiger partial charge >= 0.3 is 0 Å². The van der Waals surface area contributed by atoms with Crippen LogP contribution in [0.5, 0.6) is 0 Å². The van der Waals surface area contributed by atoms with Gasteiger partial charge in [-0.25, -0.2) is 4.98 Å². The Balaban J connectivity index is 2.27. The van der Waals surface area contributed by atoms with Crippen LogP contribution in [0.1, 0.15) is 21.7 Å². The Labute approximate surface area is 103 Å². The normalized spacial score (nSPS) is 10.3. The van der Waals surface area contributed by atoms with Crippen LogP contribution in [0.25, 0.3) is 0 Å². The zero-order chi connectivity index (χ0) is 12.4. The zero-order valence-electron chi connectivity index (χ0n) is 9.41. The molecule has 0 bridgehead atoms. The van der Waals surface area contributed by atoms with Gasteiger partial charge < -0.3 is 5.32 Å². The monoisotopic (exact) mass is 250 g/mol. The van der Waals surface area contributed by atoms with Crippen molar-refractivity contribution in [1.29, 1.82) is 0 Å². The van der Waals surface area contributed by atoms with Crippen molar-refractivity contribution in [3.63, 3.8) is 0 Å². The number of H-pyrrole nitrogens is 1. The molecular weight excluding hydrogens is 240 g/mol. The predicted octanol–water partition coefficient (Wildman–Crippen LogP) is 2.33. The van der Waals surface area contributed by atoms with Crippen LogP contribution in [0.15, 0.2) is 18.3 Å². The van der Waals surface area contributed by atoms with Gasteiger partial charge in [0, 0.05) is 11.9 Å². The fourth-order valence-corrected chi connectivity index (χ4v) is 1.72. The minimum absolute atomic E-state index is 0.247. The number of anilines is 1. The average Bonchev–Trinajstić information content (AvgIpc) is 2.62. The van der Waals surface area contributed by atoms with Crippen molar-refractivity contribution >= 4 is 23.2 Å². The van der Waals surface area contributed by atoms with E-state index in [1.807, 2.05) is 0 Å².